The normalized spacial score (nSPS) is 52.0. The van der Waals surface area contributed by atoms with Crippen LogP contribution < -0.4 is 0 Å². The lowest BCUT2D eigenvalue weighted by atomic mass is 9.47. The van der Waals surface area contributed by atoms with Gasteiger partial charge in [-0.05, 0) is 91.8 Å². The molecule has 0 bridgehead atoms. The number of fused-ring (bicyclic) bond motifs is 5. The van der Waals surface area contributed by atoms with E-state index in [1.54, 1.807) is 5.57 Å². The van der Waals surface area contributed by atoms with Crippen molar-refractivity contribution in [3.63, 3.8) is 0 Å². The molecule has 0 aromatic heterocycles. The van der Waals surface area contributed by atoms with E-state index in [2.05, 4.69) is 33.8 Å². The molecule has 1 N–H and O–H groups in total. The molecule has 0 amide bonds. The number of rotatable bonds is 2. The molecule has 0 spiro atoms. The zero-order chi connectivity index (χ0) is 17.1. The van der Waals surface area contributed by atoms with Gasteiger partial charge in [-0.1, -0.05) is 45.8 Å². The van der Waals surface area contributed by atoms with Gasteiger partial charge < -0.3 is 5.11 Å². The molecule has 0 heterocycles. The van der Waals surface area contributed by atoms with Crippen molar-refractivity contribution in [1.29, 1.82) is 0 Å². The van der Waals surface area contributed by atoms with Crippen molar-refractivity contribution >= 4 is 0 Å². The molecule has 0 aliphatic heterocycles. The van der Waals surface area contributed by atoms with Gasteiger partial charge in [0.1, 0.15) is 0 Å². The second-order valence-corrected chi connectivity index (χ2v) is 10.3. The summed E-state index contributed by atoms with van der Waals surface area (Å²) in [7, 11) is 0. The summed E-state index contributed by atoms with van der Waals surface area (Å²) >= 11 is 0. The van der Waals surface area contributed by atoms with Crippen LogP contribution in [0, 0.1) is 40.4 Å². The number of aliphatic hydroxyl groups is 1. The van der Waals surface area contributed by atoms with E-state index in [-0.39, 0.29) is 6.10 Å². The Morgan fingerprint density at radius 3 is 2.67 bits per heavy atom. The lowest BCUT2D eigenvalue weighted by Gasteiger charge is -2.58. The molecule has 0 aromatic rings. The Balaban J connectivity index is 1.63. The van der Waals surface area contributed by atoms with Crippen molar-refractivity contribution in [2.75, 3.05) is 0 Å². The fourth-order valence-electron chi connectivity index (χ4n) is 7.90. The monoisotopic (exact) mass is 330 g/mol. The van der Waals surface area contributed by atoms with Crippen LogP contribution in [0.3, 0.4) is 0 Å². The minimum Gasteiger partial charge on any atom is -0.393 e. The minimum absolute atomic E-state index is 0.0732. The highest BCUT2D eigenvalue weighted by Crippen LogP contribution is 2.67. The molecule has 5 unspecified atom stereocenters. The van der Waals surface area contributed by atoms with Crippen LogP contribution >= 0.6 is 0 Å². The molecule has 1 nitrogen and oxygen atoms in total. The molecule has 24 heavy (non-hydrogen) atoms. The van der Waals surface area contributed by atoms with E-state index in [1.165, 1.54) is 44.9 Å². The first-order valence-electron chi connectivity index (χ1n) is 10.8. The molecule has 3 fully saturated rings. The first-order valence-corrected chi connectivity index (χ1v) is 10.8. The standard InChI is InChI=1S/C23H38O/c1-5-15(2)19-8-9-20-18-7-6-16-14-17(24)10-12-22(16,3)21(18)11-13-23(19,20)4/h6,15,17-21,24H,5,7-14H2,1-4H3/t15?,17-,18?,19?,20?,21?,22-,23+/m0/s1. The SMILES string of the molecule is CCC(C)C1CCC2C3CC=C4C[C@@H](O)CC[C@]4(C)C3CC[C@]12C. The lowest BCUT2D eigenvalue weighted by molar-refractivity contribution is -0.0568. The van der Waals surface area contributed by atoms with Gasteiger partial charge in [0.05, 0.1) is 6.10 Å². The zero-order valence-electron chi connectivity index (χ0n) is 16.4. The highest BCUT2D eigenvalue weighted by molar-refractivity contribution is 5.25. The van der Waals surface area contributed by atoms with Crippen molar-refractivity contribution in [3.05, 3.63) is 11.6 Å². The Bertz CT molecular complexity index is 522. The third-order valence-electron chi connectivity index (χ3n) is 9.48. The van der Waals surface area contributed by atoms with Crippen LogP contribution in [0.1, 0.15) is 85.5 Å². The topological polar surface area (TPSA) is 20.2 Å². The molecule has 0 radical (unpaired) electrons. The second-order valence-electron chi connectivity index (χ2n) is 10.3. The largest absolute Gasteiger partial charge is 0.393 e. The molecule has 8 atom stereocenters. The minimum atomic E-state index is -0.0732. The van der Waals surface area contributed by atoms with Crippen molar-refractivity contribution in [1.82, 2.24) is 0 Å². The van der Waals surface area contributed by atoms with Crippen molar-refractivity contribution in [2.45, 2.75) is 91.6 Å². The third-order valence-corrected chi connectivity index (χ3v) is 9.48. The Morgan fingerprint density at radius 2 is 1.92 bits per heavy atom. The molecule has 0 saturated heterocycles. The molecule has 4 aliphatic carbocycles. The fourth-order valence-corrected chi connectivity index (χ4v) is 7.90. The van der Waals surface area contributed by atoms with E-state index >= 15 is 0 Å². The van der Waals surface area contributed by atoms with Gasteiger partial charge in [-0.2, -0.15) is 0 Å². The Kier molecular flexibility index (Phi) is 4.18. The van der Waals surface area contributed by atoms with Gasteiger partial charge in [-0.15, -0.1) is 0 Å². The van der Waals surface area contributed by atoms with Crippen molar-refractivity contribution in [3.8, 4) is 0 Å². The third kappa shape index (κ3) is 2.29. The lowest BCUT2D eigenvalue weighted by Crippen LogP contribution is -2.50. The summed E-state index contributed by atoms with van der Waals surface area (Å²) in [5.41, 5.74) is 2.62. The average Bonchev–Trinajstić information content (AvgIpc) is 2.92. The fraction of sp³-hybridized carbons (Fsp3) is 0.913. The van der Waals surface area contributed by atoms with Gasteiger partial charge in [-0.25, -0.2) is 0 Å². The summed E-state index contributed by atoms with van der Waals surface area (Å²) in [6, 6.07) is 0. The van der Waals surface area contributed by atoms with E-state index in [4.69, 9.17) is 0 Å². The van der Waals surface area contributed by atoms with Gasteiger partial charge in [0.2, 0.25) is 0 Å². The highest BCUT2D eigenvalue weighted by Gasteiger charge is 2.58. The van der Waals surface area contributed by atoms with Gasteiger partial charge >= 0.3 is 0 Å². The van der Waals surface area contributed by atoms with E-state index in [0.717, 1.165) is 42.4 Å². The second kappa shape index (κ2) is 5.86. The highest BCUT2D eigenvalue weighted by atomic mass is 16.3. The molecular formula is C23H38O. The van der Waals surface area contributed by atoms with Crippen LogP contribution in [0.5, 0.6) is 0 Å². The number of hydrogen-bond acceptors (Lipinski definition) is 1. The van der Waals surface area contributed by atoms with Gasteiger partial charge in [0.25, 0.3) is 0 Å². The van der Waals surface area contributed by atoms with Crippen LogP contribution in [-0.2, 0) is 0 Å². The van der Waals surface area contributed by atoms with E-state index in [9.17, 15) is 5.11 Å². The summed E-state index contributed by atoms with van der Waals surface area (Å²) in [5.74, 6) is 4.61. The van der Waals surface area contributed by atoms with Crippen LogP contribution in [0.15, 0.2) is 11.6 Å². The molecule has 4 rings (SSSR count). The maximum Gasteiger partial charge on any atom is 0.0577 e. The summed E-state index contributed by atoms with van der Waals surface area (Å²) in [4.78, 5) is 0. The number of allylic oxidation sites excluding steroid dienone is 1. The van der Waals surface area contributed by atoms with Gasteiger partial charge in [0.15, 0.2) is 0 Å². The van der Waals surface area contributed by atoms with Crippen molar-refractivity contribution < 1.29 is 5.11 Å². The van der Waals surface area contributed by atoms with E-state index in [1.807, 2.05) is 0 Å². The molecule has 136 valence electrons. The number of aliphatic hydroxyl groups excluding tert-OH is 1. The van der Waals surface area contributed by atoms with Crippen LogP contribution in [0.25, 0.3) is 0 Å². The van der Waals surface area contributed by atoms with Gasteiger partial charge in [0, 0.05) is 0 Å². The van der Waals surface area contributed by atoms with Crippen molar-refractivity contribution in [2.24, 2.45) is 40.4 Å². The quantitative estimate of drug-likeness (QED) is 0.618. The maximum absolute atomic E-state index is 10.1. The maximum atomic E-state index is 10.1. The first kappa shape index (κ1) is 17.1. The average molecular weight is 331 g/mol. The summed E-state index contributed by atoms with van der Waals surface area (Å²) in [5, 5.41) is 10.1. The van der Waals surface area contributed by atoms with E-state index < -0.39 is 0 Å². The first-order chi connectivity index (χ1) is 11.4. The molecule has 3 saturated carbocycles. The molecular weight excluding hydrogens is 292 g/mol. The van der Waals surface area contributed by atoms with Crippen LogP contribution in [0.2, 0.25) is 0 Å². The Morgan fingerprint density at radius 1 is 1.12 bits per heavy atom. The molecule has 4 aliphatic rings. The predicted molar refractivity (Wildman–Crippen MR) is 101 cm³/mol. The Hall–Kier alpha value is -0.300. The Labute approximate surface area is 149 Å². The van der Waals surface area contributed by atoms with Crippen LogP contribution in [0.4, 0.5) is 0 Å². The molecule has 1 heteroatoms. The predicted octanol–water partition coefficient (Wildman–Crippen LogP) is 5.97. The summed E-state index contributed by atoms with van der Waals surface area (Å²) in [6.07, 6.45) is 14.2. The summed E-state index contributed by atoms with van der Waals surface area (Å²) < 4.78 is 0. The number of hydrogen-bond donors (Lipinski definition) is 1. The van der Waals surface area contributed by atoms with Crippen LogP contribution in [-0.4, -0.2) is 11.2 Å². The summed E-state index contributed by atoms with van der Waals surface area (Å²) in [6.45, 7) is 10.1. The smallest absolute Gasteiger partial charge is 0.0577 e. The zero-order valence-corrected chi connectivity index (χ0v) is 16.4. The van der Waals surface area contributed by atoms with E-state index in [0.29, 0.717) is 10.8 Å². The molecule has 0 aromatic carbocycles. The van der Waals surface area contributed by atoms with Gasteiger partial charge in [-0.3, -0.25) is 0 Å².